The van der Waals surface area contributed by atoms with E-state index in [0.29, 0.717) is 12.0 Å². The van der Waals surface area contributed by atoms with Gasteiger partial charge in [0.1, 0.15) is 0 Å². The van der Waals surface area contributed by atoms with Crippen molar-refractivity contribution in [3.05, 3.63) is 0 Å². The molecule has 0 aromatic carbocycles. The van der Waals surface area contributed by atoms with Crippen molar-refractivity contribution in [3.63, 3.8) is 0 Å². The van der Waals surface area contributed by atoms with Gasteiger partial charge in [0.2, 0.25) is 0 Å². The van der Waals surface area contributed by atoms with Crippen LogP contribution in [0.5, 0.6) is 0 Å². The number of hydrogen-bond acceptors (Lipinski definition) is 2. The smallest absolute Gasteiger partial charge is 0.0599 e. The number of piperidine rings is 1. The van der Waals surface area contributed by atoms with E-state index < -0.39 is 8.07 Å². The summed E-state index contributed by atoms with van der Waals surface area (Å²) in [5.74, 6) is 0.685. The molecule has 3 heteroatoms. The van der Waals surface area contributed by atoms with Crippen LogP contribution in [-0.2, 0) is 0 Å². The van der Waals surface area contributed by atoms with Crippen molar-refractivity contribution in [2.75, 3.05) is 19.3 Å². The van der Waals surface area contributed by atoms with E-state index in [1.54, 1.807) is 0 Å². The van der Waals surface area contributed by atoms with Gasteiger partial charge >= 0.3 is 0 Å². The zero-order valence-electron chi connectivity index (χ0n) is 9.51. The second-order valence-corrected chi connectivity index (χ2v) is 11.2. The first-order chi connectivity index (χ1) is 5.88. The summed E-state index contributed by atoms with van der Waals surface area (Å²) in [5.41, 5.74) is 5.99. The van der Waals surface area contributed by atoms with Crippen molar-refractivity contribution in [2.24, 2.45) is 11.7 Å². The van der Waals surface area contributed by atoms with Crippen LogP contribution in [0.15, 0.2) is 0 Å². The van der Waals surface area contributed by atoms with Crippen LogP contribution in [0.3, 0.4) is 0 Å². The SMILES string of the molecule is CC1CN(C[Si](C)(C)C)CCC1N. The van der Waals surface area contributed by atoms with Gasteiger partial charge in [0.05, 0.1) is 8.07 Å². The van der Waals surface area contributed by atoms with E-state index in [4.69, 9.17) is 5.73 Å². The van der Waals surface area contributed by atoms with Gasteiger partial charge in [-0.1, -0.05) is 26.6 Å². The molecule has 0 spiro atoms. The molecule has 13 heavy (non-hydrogen) atoms. The van der Waals surface area contributed by atoms with E-state index >= 15 is 0 Å². The van der Waals surface area contributed by atoms with Crippen LogP contribution in [0.2, 0.25) is 19.6 Å². The number of likely N-dealkylation sites (tertiary alicyclic amines) is 1. The fraction of sp³-hybridized carbons (Fsp3) is 1.00. The van der Waals surface area contributed by atoms with Gasteiger partial charge in [-0.2, -0.15) is 0 Å². The number of hydrogen-bond donors (Lipinski definition) is 1. The molecule has 0 saturated carbocycles. The summed E-state index contributed by atoms with van der Waals surface area (Å²) < 4.78 is 0. The number of rotatable bonds is 2. The number of nitrogens with two attached hydrogens (primary N) is 1. The van der Waals surface area contributed by atoms with E-state index in [9.17, 15) is 0 Å². The van der Waals surface area contributed by atoms with Crippen molar-refractivity contribution < 1.29 is 0 Å². The molecule has 0 amide bonds. The topological polar surface area (TPSA) is 29.3 Å². The zero-order valence-corrected chi connectivity index (χ0v) is 10.5. The monoisotopic (exact) mass is 200 g/mol. The molecule has 1 heterocycles. The summed E-state index contributed by atoms with van der Waals surface area (Å²) in [6.07, 6.45) is 2.52. The van der Waals surface area contributed by atoms with Crippen LogP contribution in [0.4, 0.5) is 0 Å². The van der Waals surface area contributed by atoms with Gasteiger partial charge in [0, 0.05) is 12.6 Å². The Kier molecular flexibility index (Phi) is 3.55. The van der Waals surface area contributed by atoms with E-state index in [0.717, 1.165) is 0 Å². The van der Waals surface area contributed by atoms with Crippen LogP contribution in [0, 0.1) is 5.92 Å². The molecule has 2 nitrogen and oxygen atoms in total. The maximum Gasteiger partial charge on any atom is 0.0599 e. The van der Waals surface area contributed by atoms with Crippen LogP contribution >= 0.6 is 0 Å². The Bertz CT molecular complexity index is 165. The summed E-state index contributed by atoms with van der Waals surface area (Å²) in [5, 5.41) is 0. The number of nitrogens with zero attached hydrogens (tertiary/aromatic N) is 1. The molecule has 2 N–H and O–H groups in total. The molecule has 2 atom stereocenters. The van der Waals surface area contributed by atoms with Crippen LogP contribution in [0.25, 0.3) is 0 Å². The Morgan fingerprint density at radius 1 is 1.38 bits per heavy atom. The van der Waals surface area contributed by atoms with Gasteiger partial charge in [0.25, 0.3) is 0 Å². The van der Waals surface area contributed by atoms with Gasteiger partial charge in [-0.25, -0.2) is 0 Å². The van der Waals surface area contributed by atoms with Gasteiger partial charge in [-0.15, -0.1) is 0 Å². The molecular weight excluding hydrogens is 176 g/mol. The average molecular weight is 200 g/mol. The van der Waals surface area contributed by atoms with Gasteiger partial charge < -0.3 is 10.6 Å². The lowest BCUT2D eigenvalue weighted by atomic mass is 9.95. The minimum atomic E-state index is -0.911. The highest BCUT2D eigenvalue weighted by Gasteiger charge is 2.26. The third kappa shape index (κ3) is 3.79. The van der Waals surface area contributed by atoms with Gasteiger partial charge in [-0.05, 0) is 25.1 Å². The molecule has 0 radical (unpaired) electrons. The molecule has 1 aliphatic heterocycles. The van der Waals surface area contributed by atoms with Crippen LogP contribution in [0.1, 0.15) is 13.3 Å². The highest BCUT2D eigenvalue weighted by molar-refractivity contribution is 6.76. The molecule has 1 saturated heterocycles. The largest absolute Gasteiger partial charge is 0.327 e. The second-order valence-electron chi connectivity index (χ2n) is 5.73. The summed E-state index contributed by atoms with van der Waals surface area (Å²) in [6.45, 7) is 12.0. The maximum absolute atomic E-state index is 5.99. The maximum atomic E-state index is 5.99. The Balaban J connectivity index is 2.38. The molecule has 1 rings (SSSR count). The first-order valence-corrected chi connectivity index (χ1v) is 9.07. The predicted octanol–water partition coefficient (Wildman–Crippen LogP) is 1.53. The fourth-order valence-electron chi connectivity index (χ4n) is 2.06. The lowest BCUT2D eigenvalue weighted by Gasteiger charge is -2.37. The summed E-state index contributed by atoms with van der Waals surface area (Å²) in [6, 6.07) is 0.442. The van der Waals surface area contributed by atoms with Crippen LogP contribution < -0.4 is 5.73 Å². The summed E-state index contributed by atoms with van der Waals surface area (Å²) in [7, 11) is -0.911. The third-order valence-corrected chi connectivity index (χ3v) is 4.15. The van der Waals surface area contributed by atoms with E-state index in [1.165, 1.54) is 25.7 Å². The normalized spacial score (nSPS) is 32.1. The quantitative estimate of drug-likeness (QED) is 0.685. The molecule has 0 aromatic rings. The summed E-state index contributed by atoms with van der Waals surface area (Å²) in [4.78, 5) is 2.61. The van der Waals surface area contributed by atoms with Crippen molar-refractivity contribution >= 4 is 8.07 Å². The Morgan fingerprint density at radius 3 is 2.46 bits per heavy atom. The fourth-order valence-corrected chi connectivity index (χ4v) is 3.69. The second kappa shape index (κ2) is 4.11. The van der Waals surface area contributed by atoms with Crippen molar-refractivity contribution in [1.82, 2.24) is 4.90 Å². The molecule has 1 fully saturated rings. The predicted molar refractivity (Wildman–Crippen MR) is 61.5 cm³/mol. The molecule has 0 aromatic heterocycles. The van der Waals surface area contributed by atoms with Crippen molar-refractivity contribution in [1.29, 1.82) is 0 Å². The molecule has 78 valence electrons. The minimum Gasteiger partial charge on any atom is -0.327 e. The molecular formula is C10H24N2Si. The molecule has 0 bridgehead atoms. The zero-order chi connectivity index (χ0) is 10.1. The summed E-state index contributed by atoms with van der Waals surface area (Å²) >= 11 is 0. The van der Waals surface area contributed by atoms with Crippen LogP contribution in [-0.4, -0.2) is 38.3 Å². The standard InChI is InChI=1S/C10H24N2Si/c1-9-7-12(6-5-10(9)11)8-13(2,3)4/h9-10H,5-8,11H2,1-4H3. The Labute approximate surface area is 83.5 Å². The third-order valence-electron chi connectivity index (χ3n) is 2.75. The highest BCUT2D eigenvalue weighted by Crippen LogP contribution is 2.16. The minimum absolute atomic E-state index is 0.442. The van der Waals surface area contributed by atoms with Gasteiger partial charge in [0.15, 0.2) is 0 Å². The lowest BCUT2D eigenvalue weighted by molar-refractivity contribution is 0.185. The highest BCUT2D eigenvalue weighted by atomic mass is 28.3. The lowest BCUT2D eigenvalue weighted by Crippen LogP contribution is -2.50. The molecule has 2 unspecified atom stereocenters. The van der Waals surface area contributed by atoms with Crippen molar-refractivity contribution in [3.8, 4) is 0 Å². The molecule has 1 aliphatic rings. The Hall–Kier alpha value is 0.137. The van der Waals surface area contributed by atoms with E-state index in [1.807, 2.05) is 0 Å². The molecule has 0 aliphatic carbocycles. The van der Waals surface area contributed by atoms with E-state index in [2.05, 4.69) is 31.5 Å². The van der Waals surface area contributed by atoms with Gasteiger partial charge in [-0.3, -0.25) is 0 Å². The average Bonchev–Trinajstić information content (AvgIpc) is 1.94. The first-order valence-electron chi connectivity index (χ1n) is 5.36. The van der Waals surface area contributed by atoms with Crippen molar-refractivity contribution in [2.45, 2.75) is 39.0 Å². The first kappa shape index (κ1) is 11.2. The Morgan fingerprint density at radius 2 is 2.00 bits per heavy atom. The van der Waals surface area contributed by atoms with E-state index in [-0.39, 0.29) is 0 Å².